The maximum absolute atomic E-state index is 11.7. The molecule has 3 nitrogen and oxygen atoms in total. The van der Waals surface area contributed by atoms with Crippen LogP contribution in [0, 0.1) is 5.41 Å². The van der Waals surface area contributed by atoms with Crippen LogP contribution in [0.5, 0.6) is 0 Å². The minimum absolute atomic E-state index is 0.00611. The van der Waals surface area contributed by atoms with Crippen molar-refractivity contribution < 1.29 is 4.79 Å². The van der Waals surface area contributed by atoms with Gasteiger partial charge >= 0.3 is 0 Å². The summed E-state index contributed by atoms with van der Waals surface area (Å²) in [4.78, 5) is 11.7. The molecule has 2 N–H and O–H groups in total. The van der Waals surface area contributed by atoms with Crippen LogP contribution in [0.25, 0.3) is 0 Å². The van der Waals surface area contributed by atoms with E-state index in [-0.39, 0.29) is 5.91 Å². The molecule has 20 heavy (non-hydrogen) atoms. The summed E-state index contributed by atoms with van der Waals surface area (Å²) in [5, 5.41) is 6.39. The number of amides is 1. The van der Waals surface area contributed by atoms with Crippen molar-refractivity contribution >= 4 is 23.4 Å². The quantitative estimate of drug-likeness (QED) is 0.894. The van der Waals surface area contributed by atoms with Gasteiger partial charge in [-0.1, -0.05) is 13.8 Å². The minimum atomic E-state index is -0.00611. The molecule has 1 aromatic rings. The number of carbonyl (C=O) groups excluding carboxylic acids is 1. The molecule has 1 aliphatic rings. The van der Waals surface area contributed by atoms with Gasteiger partial charge in [0.15, 0.2) is 0 Å². The molecule has 0 radical (unpaired) electrons. The van der Waals surface area contributed by atoms with Gasteiger partial charge in [0, 0.05) is 29.6 Å². The molecule has 0 spiro atoms. The van der Waals surface area contributed by atoms with E-state index in [1.807, 2.05) is 43.0 Å². The van der Waals surface area contributed by atoms with Gasteiger partial charge in [-0.3, -0.25) is 4.79 Å². The predicted molar refractivity (Wildman–Crippen MR) is 87.6 cm³/mol. The van der Waals surface area contributed by atoms with E-state index in [0.717, 1.165) is 17.0 Å². The largest absolute Gasteiger partial charge is 0.381 e. The Balaban J connectivity index is 1.95. The Morgan fingerprint density at radius 2 is 2.05 bits per heavy atom. The fourth-order valence-electron chi connectivity index (χ4n) is 2.57. The van der Waals surface area contributed by atoms with Gasteiger partial charge in [0.2, 0.25) is 0 Å². The van der Waals surface area contributed by atoms with Crippen molar-refractivity contribution in [3.8, 4) is 0 Å². The van der Waals surface area contributed by atoms with Crippen LogP contribution in [0.15, 0.2) is 24.3 Å². The summed E-state index contributed by atoms with van der Waals surface area (Å²) in [6.45, 7) is 7.24. The topological polar surface area (TPSA) is 41.1 Å². The molecule has 2 rings (SSSR count). The summed E-state index contributed by atoms with van der Waals surface area (Å²) in [6, 6.07) is 8.27. The van der Waals surface area contributed by atoms with Gasteiger partial charge in [-0.25, -0.2) is 0 Å². The van der Waals surface area contributed by atoms with Crippen LogP contribution in [-0.4, -0.2) is 30.0 Å². The molecule has 1 unspecified atom stereocenters. The first-order chi connectivity index (χ1) is 9.50. The minimum Gasteiger partial charge on any atom is -0.381 e. The molecule has 1 atom stereocenters. The second-order valence-corrected chi connectivity index (χ2v) is 7.19. The Morgan fingerprint density at radius 1 is 1.35 bits per heavy atom. The molecule has 1 saturated heterocycles. The molecule has 0 aliphatic carbocycles. The molecule has 1 aromatic carbocycles. The highest BCUT2D eigenvalue weighted by Crippen LogP contribution is 2.34. The second kappa shape index (κ2) is 6.53. The van der Waals surface area contributed by atoms with Gasteiger partial charge in [-0.05, 0) is 48.8 Å². The highest BCUT2D eigenvalue weighted by molar-refractivity contribution is 7.99. The van der Waals surface area contributed by atoms with Crippen molar-refractivity contribution in [3.05, 3.63) is 29.8 Å². The Morgan fingerprint density at radius 3 is 2.65 bits per heavy atom. The van der Waals surface area contributed by atoms with E-state index in [9.17, 15) is 4.79 Å². The second-order valence-electron chi connectivity index (χ2n) is 6.16. The van der Waals surface area contributed by atoms with E-state index in [4.69, 9.17) is 0 Å². The van der Waals surface area contributed by atoms with Gasteiger partial charge in [0.05, 0.1) is 0 Å². The number of rotatable bonds is 4. The van der Waals surface area contributed by atoms with Crippen LogP contribution in [-0.2, 0) is 0 Å². The highest BCUT2D eigenvalue weighted by atomic mass is 32.2. The highest BCUT2D eigenvalue weighted by Gasteiger charge is 2.28. The van der Waals surface area contributed by atoms with Crippen molar-refractivity contribution in [2.24, 2.45) is 5.41 Å². The van der Waals surface area contributed by atoms with Gasteiger partial charge in [-0.15, -0.1) is 0 Å². The van der Waals surface area contributed by atoms with Crippen LogP contribution in [0.4, 0.5) is 5.69 Å². The number of carbonyl (C=O) groups is 1. The number of thioether (sulfide) groups is 1. The fourth-order valence-corrected chi connectivity index (χ4v) is 3.85. The van der Waals surface area contributed by atoms with Gasteiger partial charge in [0.25, 0.3) is 5.91 Å². The maximum atomic E-state index is 11.7. The van der Waals surface area contributed by atoms with Gasteiger partial charge in [0.1, 0.15) is 0 Å². The van der Waals surface area contributed by atoms with E-state index >= 15 is 0 Å². The molecule has 4 heteroatoms. The van der Waals surface area contributed by atoms with Crippen LogP contribution in [0.3, 0.4) is 0 Å². The van der Waals surface area contributed by atoms with Crippen molar-refractivity contribution in [1.82, 2.24) is 5.32 Å². The van der Waals surface area contributed by atoms with Gasteiger partial charge in [-0.2, -0.15) is 11.8 Å². The SMILES string of the molecule is CCNC(=O)c1ccc(NC2CSCC(C)(C)C2)cc1. The lowest BCUT2D eigenvalue weighted by atomic mass is 9.88. The number of benzene rings is 1. The average Bonchev–Trinajstić information content (AvgIpc) is 2.38. The standard InChI is InChI=1S/C16H24N2OS/c1-4-17-15(19)12-5-7-13(8-6-12)18-14-9-16(2,3)11-20-10-14/h5-8,14,18H,4,9-11H2,1-3H3,(H,17,19). The van der Waals surface area contributed by atoms with Crippen LogP contribution in [0.1, 0.15) is 37.6 Å². The third kappa shape index (κ3) is 4.17. The molecule has 0 saturated carbocycles. The third-order valence-corrected chi connectivity index (χ3v) is 5.09. The summed E-state index contributed by atoms with van der Waals surface area (Å²) in [5.74, 6) is 2.39. The number of hydrogen-bond donors (Lipinski definition) is 2. The Hall–Kier alpha value is -1.16. The number of anilines is 1. The predicted octanol–water partition coefficient (Wildman–Crippen LogP) is 3.38. The molecule has 0 bridgehead atoms. The van der Waals surface area contributed by atoms with Crippen molar-refractivity contribution in [2.75, 3.05) is 23.4 Å². The van der Waals surface area contributed by atoms with Gasteiger partial charge < -0.3 is 10.6 Å². The first kappa shape index (κ1) is 15.2. The molecule has 110 valence electrons. The zero-order valence-electron chi connectivity index (χ0n) is 12.5. The monoisotopic (exact) mass is 292 g/mol. The fraction of sp³-hybridized carbons (Fsp3) is 0.562. The summed E-state index contributed by atoms with van der Waals surface area (Å²) in [6.07, 6.45) is 1.19. The lowest BCUT2D eigenvalue weighted by Gasteiger charge is -2.35. The number of nitrogens with one attached hydrogen (secondary N) is 2. The molecular formula is C16H24N2OS. The molecule has 1 aliphatic heterocycles. The molecular weight excluding hydrogens is 268 g/mol. The Kier molecular flexibility index (Phi) is 4.97. The molecule has 1 fully saturated rings. The lowest BCUT2D eigenvalue weighted by molar-refractivity contribution is 0.0956. The smallest absolute Gasteiger partial charge is 0.251 e. The van der Waals surface area contributed by atoms with E-state index < -0.39 is 0 Å². The normalized spacial score (nSPS) is 21.2. The molecule has 1 amide bonds. The van der Waals surface area contributed by atoms with Crippen molar-refractivity contribution in [3.63, 3.8) is 0 Å². The Bertz CT molecular complexity index is 456. The van der Waals surface area contributed by atoms with E-state index in [0.29, 0.717) is 18.0 Å². The average molecular weight is 292 g/mol. The van der Waals surface area contributed by atoms with Crippen LogP contribution in [0.2, 0.25) is 0 Å². The molecule has 0 aromatic heterocycles. The first-order valence-corrected chi connectivity index (χ1v) is 8.38. The Labute approximate surface area is 125 Å². The zero-order chi connectivity index (χ0) is 14.6. The first-order valence-electron chi connectivity index (χ1n) is 7.23. The zero-order valence-corrected chi connectivity index (χ0v) is 13.3. The summed E-state index contributed by atoms with van der Waals surface area (Å²) in [7, 11) is 0. The maximum Gasteiger partial charge on any atom is 0.251 e. The summed E-state index contributed by atoms with van der Waals surface area (Å²) >= 11 is 2.02. The lowest BCUT2D eigenvalue weighted by Crippen LogP contribution is -2.35. The van der Waals surface area contributed by atoms with E-state index in [1.54, 1.807) is 0 Å². The number of hydrogen-bond acceptors (Lipinski definition) is 3. The summed E-state index contributed by atoms with van der Waals surface area (Å²) < 4.78 is 0. The van der Waals surface area contributed by atoms with E-state index in [1.165, 1.54) is 12.2 Å². The van der Waals surface area contributed by atoms with Crippen molar-refractivity contribution in [2.45, 2.75) is 33.2 Å². The van der Waals surface area contributed by atoms with Crippen LogP contribution >= 0.6 is 11.8 Å². The third-order valence-electron chi connectivity index (χ3n) is 3.47. The van der Waals surface area contributed by atoms with Crippen molar-refractivity contribution in [1.29, 1.82) is 0 Å². The summed E-state index contributed by atoms with van der Waals surface area (Å²) in [5.41, 5.74) is 2.22. The molecule has 1 heterocycles. The van der Waals surface area contributed by atoms with E-state index in [2.05, 4.69) is 24.5 Å². The van der Waals surface area contributed by atoms with Crippen LogP contribution < -0.4 is 10.6 Å².